The molecule has 0 radical (unpaired) electrons. The molecule has 1 aliphatic heterocycles. The third kappa shape index (κ3) is 3.95. The SMILES string of the molecule is CC[C@H]1C[C@@H](n2c(=O)nc(C(C=NC)=CN)c3oc4cc(C)c(-c5cnn(C)c5)cc4c32)CCO1. The molecular weight excluding hydrogens is 444 g/mol. The van der Waals surface area contributed by atoms with Gasteiger partial charge in [-0.2, -0.15) is 10.1 Å². The number of allylic oxidation sites excluding steroid dienone is 1. The molecule has 2 N–H and O–H groups in total. The summed E-state index contributed by atoms with van der Waals surface area (Å²) in [5, 5.41) is 5.19. The van der Waals surface area contributed by atoms with Crippen molar-refractivity contribution in [2.24, 2.45) is 17.8 Å². The molecule has 4 aromatic rings. The van der Waals surface area contributed by atoms with Crippen LogP contribution >= 0.6 is 0 Å². The molecule has 0 saturated carbocycles. The third-order valence-electron chi connectivity index (χ3n) is 6.78. The van der Waals surface area contributed by atoms with Crippen molar-refractivity contribution in [1.82, 2.24) is 19.3 Å². The highest BCUT2D eigenvalue weighted by atomic mass is 16.5. The molecule has 35 heavy (non-hydrogen) atoms. The first-order valence-corrected chi connectivity index (χ1v) is 11.9. The fraction of sp³-hybridized carbons (Fsp3) is 0.385. The first-order chi connectivity index (χ1) is 16.9. The van der Waals surface area contributed by atoms with Crippen molar-refractivity contribution >= 4 is 33.9 Å². The highest BCUT2D eigenvalue weighted by molar-refractivity contribution is 6.15. The number of fused-ring (bicyclic) bond motifs is 3. The highest BCUT2D eigenvalue weighted by Gasteiger charge is 2.29. The minimum Gasteiger partial charge on any atom is -0.452 e. The standard InChI is InChI=1S/C26H30N6O3/c1-5-19-9-18(6-7-34-19)32-24-21-10-20(17-13-29-31(4)14-17)15(2)8-22(21)35-25(24)23(30-26(32)33)16(11-27)12-28-3/h8,10-14,18-19H,5-7,9,27H2,1-4H3/t18-,19-/m0/s1. The van der Waals surface area contributed by atoms with Gasteiger partial charge in [-0.05, 0) is 49.4 Å². The maximum absolute atomic E-state index is 13.6. The maximum atomic E-state index is 13.6. The Kier molecular flexibility index (Phi) is 6.02. The van der Waals surface area contributed by atoms with Crippen molar-refractivity contribution in [1.29, 1.82) is 0 Å². The lowest BCUT2D eigenvalue weighted by atomic mass is 9.99. The number of hydrogen-bond donors (Lipinski definition) is 1. The molecule has 0 spiro atoms. The predicted octanol–water partition coefficient (Wildman–Crippen LogP) is 3.98. The Hall–Kier alpha value is -3.72. The summed E-state index contributed by atoms with van der Waals surface area (Å²) in [5.74, 6) is 0. The van der Waals surface area contributed by atoms with Gasteiger partial charge in [0.15, 0.2) is 5.58 Å². The topological polar surface area (TPSA) is 113 Å². The molecular formula is C26H30N6O3. The van der Waals surface area contributed by atoms with Crippen LogP contribution in [0.1, 0.15) is 43.5 Å². The van der Waals surface area contributed by atoms with E-state index >= 15 is 0 Å². The summed E-state index contributed by atoms with van der Waals surface area (Å²) >= 11 is 0. The van der Waals surface area contributed by atoms with E-state index in [1.807, 2.05) is 32.4 Å². The molecule has 3 aromatic heterocycles. The molecule has 1 fully saturated rings. The van der Waals surface area contributed by atoms with Gasteiger partial charge in [0.05, 0.1) is 12.3 Å². The van der Waals surface area contributed by atoms with E-state index in [1.54, 1.807) is 22.5 Å². The Morgan fingerprint density at radius 2 is 2.20 bits per heavy atom. The van der Waals surface area contributed by atoms with Crippen LogP contribution in [0.15, 0.2) is 44.9 Å². The molecule has 0 amide bonds. The van der Waals surface area contributed by atoms with E-state index in [-0.39, 0.29) is 17.8 Å². The van der Waals surface area contributed by atoms with Gasteiger partial charge in [0, 0.05) is 61.9 Å². The summed E-state index contributed by atoms with van der Waals surface area (Å²) in [7, 11) is 3.54. The van der Waals surface area contributed by atoms with E-state index in [4.69, 9.17) is 14.9 Å². The average Bonchev–Trinajstić information content (AvgIpc) is 3.44. The number of aliphatic imine (C=N–C) groups is 1. The van der Waals surface area contributed by atoms with E-state index in [1.165, 1.54) is 6.20 Å². The lowest BCUT2D eigenvalue weighted by Crippen LogP contribution is -2.34. The first kappa shape index (κ1) is 23.0. The van der Waals surface area contributed by atoms with Crippen LogP contribution in [0.3, 0.4) is 0 Å². The lowest BCUT2D eigenvalue weighted by molar-refractivity contribution is -0.00711. The largest absolute Gasteiger partial charge is 0.452 e. The van der Waals surface area contributed by atoms with Crippen molar-refractivity contribution in [2.75, 3.05) is 13.7 Å². The van der Waals surface area contributed by atoms with Gasteiger partial charge >= 0.3 is 5.69 Å². The Bertz CT molecular complexity index is 1520. The van der Waals surface area contributed by atoms with Gasteiger partial charge in [-0.1, -0.05) is 6.92 Å². The summed E-state index contributed by atoms with van der Waals surface area (Å²) < 4.78 is 15.9. The maximum Gasteiger partial charge on any atom is 0.349 e. The fourth-order valence-corrected chi connectivity index (χ4v) is 5.03. The number of benzene rings is 1. The zero-order valence-corrected chi connectivity index (χ0v) is 20.5. The van der Waals surface area contributed by atoms with Crippen LogP contribution in [0.25, 0.3) is 38.8 Å². The number of furan rings is 1. The average molecular weight is 475 g/mol. The summed E-state index contributed by atoms with van der Waals surface area (Å²) in [6, 6.07) is 4.05. The Morgan fingerprint density at radius 3 is 2.89 bits per heavy atom. The van der Waals surface area contributed by atoms with Crippen molar-refractivity contribution in [3.8, 4) is 11.1 Å². The number of nitrogens with zero attached hydrogens (tertiary/aromatic N) is 5. The lowest BCUT2D eigenvalue weighted by Gasteiger charge is -2.30. The number of nitrogens with two attached hydrogens (primary N) is 1. The van der Waals surface area contributed by atoms with Gasteiger partial charge in [-0.3, -0.25) is 14.2 Å². The van der Waals surface area contributed by atoms with Crippen LogP contribution in [0, 0.1) is 6.92 Å². The van der Waals surface area contributed by atoms with E-state index in [0.29, 0.717) is 29.0 Å². The van der Waals surface area contributed by atoms with Crippen molar-refractivity contribution in [2.45, 2.75) is 45.3 Å². The van der Waals surface area contributed by atoms with Gasteiger partial charge in [0.25, 0.3) is 0 Å². The fourth-order valence-electron chi connectivity index (χ4n) is 5.03. The van der Waals surface area contributed by atoms with Crippen molar-refractivity contribution < 1.29 is 9.15 Å². The summed E-state index contributed by atoms with van der Waals surface area (Å²) in [4.78, 5) is 22.1. The molecule has 4 heterocycles. The molecule has 9 heteroatoms. The predicted molar refractivity (Wildman–Crippen MR) is 138 cm³/mol. The minimum absolute atomic E-state index is 0.0423. The summed E-state index contributed by atoms with van der Waals surface area (Å²) in [6.45, 7) is 4.75. The smallest absolute Gasteiger partial charge is 0.349 e. The van der Waals surface area contributed by atoms with E-state index in [9.17, 15) is 4.79 Å². The van der Waals surface area contributed by atoms with Crippen molar-refractivity contribution in [3.05, 3.63) is 52.5 Å². The Balaban J connectivity index is 1.85. The van der Waals surface area contributed by atoms with E-state index in [2.05, 4.69) is 28.1 Å². The van der Waals surface area contributed by atoms with E-state index in [0.717, 1.165) is 46.9 Å². The molecule has 0 aliphatic carbocycles. The van der Waals surface area contributed by atoms with Crippen LogP contribution in [0.4, 0.5) is 0 Å². The number of aromatic nitrogens is 4. The molecule has 1 aliphatic rings. The number of ether oxygens (including phenoxy) is 1. The monoisotopic (exact) mass is 474 g/mol. The second-order valence-electron chi connectivity index (χ2n) is 9.05. The molecule has 1 saturated heterocycles. The van der Waals surface area contributed by atoms with Gasteiger partial charge in [-0.25, -0.2) is 4.79 Å². The molecule has 0 bridgehead atoms. The molecule has 182 valence electrons. The summed E-state index contributed by atoms with van der Waals surface area (Å²) in [6.07, 6.45) is 9.29. The second kappa shape index (κ2) is 9.14. The zero-order valence-electron chi connectivity index (χ0n) is 20.5. The minimum atomic E-state index is -0.329. The van der Waals surface area contributed by atoms with Crippen LogP contribution in [0.2, 0.25) is 0 Å². The number of aryl methyl sites for hydroxylation is 2. The highest BCUT2D eigenvalue weighted by Crippen LogP contribution is 2.38. The second-order valence-corrected chi connectivity index (χ2v) is 9.05. The van der Waals surface area contributed by atoms with Gasteiger partial charge in [0.2, 0.25) is 0 Å². The number of hydrogen-bond acceptors (Lipinski definition) is 7. The van der Waals surface area contributed by atoms with Crippen LogP contribution in [-0.2, 0) is 11.8 Å². The number of rotatable bonds is 5. The first-order valence-electron chi connectivity index (χ1n) is 11.9. The van der Waals surface area contributed by atoms with E-state index < -0.39 is 0 Å². The molecule has 2 atom stereocenters. The zero-order chi connectivity index (χ0) is 24.7. The summed E-state index contributed by atoms with van der Waals surface area (Å²) in [5.41, 5.74) is 11.5. The molecule has 5 rings (SSSR count). The molecule has 1 aromatic carbocycles. The van der Waals surface area contributed by atoms with Crippen molar-refractivity contribution in [3.63, 3.8) is 0 Å². The van der Waals surface area contributed by atoms with Gasteiger partial charge < -0.3 is 14.9 Å². The van der Waals surface area contributed by atoms with Crippen LogP contribution in [0.5, 0.6) is 0 Å². The normalized spacial score (nSPS) is 19.4. The van der Waals surface area contributed by atoms with Gasteiger partial charge in [-0.15, -0.1) is 0 Å². The van der Waals surface area contributed by atoms with Crippen LogP contribution < -0.4 is 11.4 Å². The quantitative estimate of drug-likeness (QED) is 0.438. The van der Waals surface area contributed by atoms with Gasteiger partial charge in [0.1, 0.15) is 16.8 Å². The Morgan fingerprint density at radius 1 is 1.37 bits per heavy atom. The molecule has 0 unspecified atom stereocenters. The molecule has 9 nitrogen and oxygen atoms in total. The Labute approximate surface area is 202 Å². The van der Waals surface area contributed by atoms with Crippen LogP contribution in [-0.4, -0.2) is 45.3 Å². The third-order valence-corrected chi connectivity index (χ3v) is 6.78.